The monoisotopic (exact) mass is 384 g/mol. The molecule has 4 heterocycles. The van der Waals surface area contributed by atoms with Gasteiger partial charge in [-0.2, -0.15) is 0 Å². The smallest absolute Gasteiger partial charge is 0.407 e. The predicted molar refractivity (Wildman–Crippen MR) is 97.1 cm³/mol. The van der Waals surface area contributed by atoms with Gasteiger partial charge < -0.3 is 14.9 Å². The van der Waals surface area contributed by atoms with Crippen molar-refractivity contribution in [3.05, 3.63) is 34.7 Å². The summed E-state index contributed by atoms with van der Waals surface area (Å²) in [6.07, 6.45) is 4.38. The van der Waals surface area contributed by atoms with Gasteiger partial charge in [-0.25, -0.2) is 4.79 Å². The molecule has 3 aliphatic rings. The largest absolute Gasteiger partial charge is 0.465 e. The molecule has 2 fully saturated rings. The van der Waals surface area contributed by atoms with Crippen LogP contribution in [0.3, 0.4) is 0 Å². The van der Waals surface area contributed by atoms with Crippen molar-refractivity contribution in [2.24, 2.45) is 0 Å². The lowest BCUT2D eigenvalue weighted by atomic mass is 10.0. The van der Waals surface area contributed by atoms with Crippen LogP contribution in [0, 0.1) is 0 Å². The van der Waals surface area contributed by atoms with E-state index in [9.17, 15) is 19.2 Å². The first-order chi connectivity index (χ1) is 13.4. The molecule has 9 heteroatoms. The van der Waals surface area contributed by atoms with Gasteiger partial charge in [0.15, 0.2) is 0 Å². The fraction of sp³-hybridized carbons (Fsp3) is 0.421. The van der Waals surface area contributed by atoms with Crippen molar-refractivity contribution in [3.63, 3.8) is 0 Å². The number of pyridine rings is 1. The third kappa shape index (κ3) is 3.23. The summed E-state index contributed by atoms with van der Waals surface area (Å²) in [5.41, 5.74) is 3.06. The molecular formula is C19H20N4O5. The molecule has 4 rings (SSSR count). The lowest BCUT2D eigenvalue weighted by molar-refractivity contribution is -0.136. The number of hydrogen-bond acceptors (Lipinski definition) is 5. The zero-order valence-electron chi connectivity index (χ0n) is 15.2. The number of aromatic nitrogens is 1. The molecule has 3 aliphatic heterocycles. The third-order valence-corrected chi connectivity index (χ3v) is 5.51. The van der Waals surface area contributed by atoms with Crippen molar-refractivity contribution in [1.29, 1.82) is 0 Å². The number of nitrogens with zero attached hydrogens (tertiary/aromatic N) is 3. The first-order valence-corrected chi connectivity index (χ1v) is 9.24. The lowest BCUT2D eigenvalue weighted by Crippen LogP contribution is -2.52. The second-order valence-corrected chi connectivity index (χ2v) is 7.19. The van der Waals surface area contributed by atoms with Crippen molar-refractivity contribution >= 4 is 29.9 Å². The van der Waals surface area contributed by atoms with Crippen LogP contribution in [0.4, 0.5) is 4.79 Å². The average molecular weight is 384 g/mol. The maximum atomic E-state index is 12.8. The maximum Gasteiger partial charge on any atom is 0.407 e. The van der Waals surface area contributed by atoms with Gasteiger partial charge in [0.05, 0.1) is 5.69 Å². The third-order valence-electron chi connectivity index (χ3n) is 5.51. The predicted octanol–water partition coefficient (Wildman–Crippen LogP) is 1.000. The zero-order valence-corrected chi connectivity index (χ0v) is 15.2. The number of rotatable bonds is 2. The average Bonchev–Trinajstić information content (AvgIpc) is 3.00. The molecule has 0 spiro atoms. The van der Waals surface area contributed by atoms with E-state index in [1.165, 1.54) is 9.80 Å². The molecule has 146 valence electrons. The van der Waals surface area contributed by atoms with E-state index in [2.05, 4.69) is 10.3 Å². The van der Waals surface area contributed by atoms with Gasteiger partial charge in [-0.15, -0.1) is 0 Å². The highest BCUT2D eigenvalue weighted by atomic mass is 16.4. The Hall–Kier alpha value is -3.23. The standard InChI is InChI=1S/C19H20N4O5/c24-16-2-1-15(17(25)21-16)23-10-13-12(18(23)26)3-6-20-14(13)9-11-4-7-22(8-5-11)19(27)28/h3,6,9,15H,1-2,4-5,7-8,10H2,(H,27,28)(H,21,24,25). The Labute approximate surface area is 161 Å². The Morgan fingerprint density at radius 2 is 1.96 bits per heavy atom. The van der Waals surface area contributed by atoms with E-state index in [0.29, 0.717) is 43.6 Å². The molecule has 2 saturated heterocycles. The number of imide groups is 1. The number of carbonyl (C=O) groups excluding carboxylic acids is 3. The molecule has 28 heavy (non-hydrogen) atoms. The van der Waals surface area contributed by atoms with E-state index in [0.717, 1.165) is 11.1 Å². The Morgan fingerprint density at radius 3 is 2.64 bits per heavy atom. The van der Waals surface area contributed by atoms with E-state index in [1.54, 1.807) is 12.3 Å². The molecule has 0 radical (unpaired) electrons. The second kappa shape index (κ2) is 7.06. The Bertz CT molecular complexity index is 900. The summed E-state index contributed by atoms with van der Waals surface area (Å²) in [5, 5.41) is 11.4. The van der Waals surface area contributed by atoms with Crippen molar-refractivity contribution in [2.75, 3.05) is 13.1 Å². The van der Waals surface area contributed by atoms with E-state index in [1.807, 2.05) is 6.08 Å². The normalized spacial score (nSPS) is 22.2. The lowest BCUT2D eigenvalue weighted by Gasteiger charge is -2.29. The molecule has 0 bridgehead atoms. The fourth-order valence-corrected chi connectivity index (χ4v) is 3.95. The molecule has 0 aliphatic carbocycles. The van der Waals surface area contributed by atoms with Crippen LogP contribution in [0.15, 0.2) is 17.8 Å². The number of likely N-dealkylation sites (tertiary alicyclic amines) is 1. The molecule has 0 aromatic carbocycles. The number of amides is 4. The summed E-state index contributed by atoms with van der Waals surface area (Å²) in [5.74, 6) is -0.983. The van der Waals surface area contributed by atoms with Crippen LogP contribution in [-0.4, -0.2) is 62.8 Å². The van der Waals surface area contributed by atoms with Crippen molar-refractivity contribution in [1.82, 2.24) is 20.1 Å². The van der Waals surface area contributed by atoms with Crippen LogP contribution in [0.1, 0.15) is 47.3 Å². The van der Waals surface area contributed by atoms with E-state index < -0.39 is 18.0 Å². The van der Waals surface area contributed by atoms with Crippen LogP contribution in [0.25, 0.3) is 6.08 Å². The highest BCUT2D eigenvalue weighted by Crippen LogP contribution is 2.30. The first kappa shape index (κ1) is 18.1. The number of nitrogens with one attached hydrogen (secondary N) is 1. The highest BCUT2D eigenvalue weighted by molar-refractivity contribution is 6.05. The molecule has 1 atom stereocenters. The molecule has 1 unspecified atom stereocenters. The number of fused-ring (bicyclic) bond motifs is 1. The summed E-state index contributed by atoms with van der Waals surface area (Å²) in [6, 6.07) is 0.996. The Balaban J connectivity index is 1.55. The topological polar surface area (TPSA) is 120 Å². The van der Waals surface area contributed by atoms with E-state index in [4.69, 9.17) is 5.11 Å². The number of carboxylic acid groups (broad SMARTS) is 1. The summed E-state index contributed by atoms with van der Waals surface area (Å²) in [4.78, 5) is 54.7. The minimum Gasteiger partial charge on any atom is -0.465 e. The van der Waals surface area contributed by atoms with Gasteiger partial charge in [0, 0.05) is 43.4 Å². The van der Waals surface area contributed by atoms with Gasteiger partial charge >= 0.3 is 6.09 Å². The minimum atomic E-state index is -0.914. The second-order valence-electron chi connectivity index (χ2n) is 7.19. The number of carbonyl (C=O) groups is 4. The van der Waals surface area contributed by atoms with Crippen LogP contribution in [-0.2, 0) is 16.1 Å². The van der Waals surface area contributed by atoms with Crippen molar-refractivity contribution in [3.8, 4) is 0 Å². The zero-order chi connectivity index (χ0) is 19.8. The van der Waals surface area contributed by atoms with E-state index >= 15 is 0 Å². The molecule has 1 aromatic heterocycles. The van der Waals surface area contributed by atoms with Crippen LogP contribution >= 0.6 is 0 Å². The van der Waals surface area contributed by atoms with Gasteiger partial charge in [0.2, 0.25) is 11.8 Å². The van der Waals surface area contributed by atoms with Gasteiger partial charge in [-0.3, -0.25) is 24.7 Å². The summed E-state index contributed by atoms with van der Waals surface area (Å²) < 4.78 is 0. The van der Waals surface area contributed by atoms with Crippen LogP contribution < -0.4 is 5.32 Å². The molecule has 9 nitrogen and oxygen atoms in total. The Morgan fingerprint density at radius 1 is 1.21 bits per heavy atom. The SMILES string of the molecule is O=C1CCC(N2Cc3c(ccnc3C=C3CCN(C(=O)O)CC3)C2=O)C(=O)N1. The number of piperidine rings is 2. The molecule has 0 saturated carbocycles. The van der Waals surface area contributed by atoms with Crippen molar-refractivity contribution in [2.45, 2.75) is 38.3 Å². The van der Waals surface area contributed by atoms with Gasteiger partial charge in [0.25, 0.3) is 5.91 Å². The Kier molecular flexibility index (Phi) is 4.58. The summed E-state index contributed by atoms with van der Waals surface area (Å²) in [7, 11) is 0. The highest BCUT2D eigenvalue weighted by Gasteiger charge is 2.39. The van der Waals surface area contributed by atoms with Gasteiger partial charge in [-0.1, -0.05) is 5.57 Å². The maximum absolute atomic E-state index is 12.8. The first-order valence-electron chi connectivity index (χ1n) is 9.24. The fourth-order valence-electron chi connectivity index (χ4n) is 3.95. The molecule has 1 aromatic rings. The van der Waals surface area contributed by atoms with Crippen LogP contribution in [0.5, 0.6) is 0 Å². The molecule has 2 N–H and O–H groups in total. The molecular weight excluding hydrogens is 364 g/mol. The molecule has 4 amide bonds. The summed E-state index contributed by atoms with van der Waals surface area (Å²) in [6.45, 7) is 1.16. The minimum absolute atomic E-state index is 0.214. The number of hydrogen-bond donors (Lipinski definition) is 2. The van der Waals surface area contributed by atoms with Gasteiger partial charge in [-0.05, 0) is 31.4 Å². The van der Waals surface area contributed by atoms with E-state index in [-0.39, 0.29) is 24.8 Å². The quantitative estimate of drug-likeness (QED) is 0.734. The van der Waals surface area contributed by atoms with Gasteiger partial charge in [0.1, 0.15) is 6.04 Å². The summed E-state index contributed by atoms with van der Waals surface area (Å²) >= 11 is 0. The van der Waals surface area contributed by atoms with Crippen LogP contribution in [0.2, 0.25) is 0 Å². The van der Waals surface area contributed by atoms with Crippen molar-refractivity contribution < 1.29 is 24.3 Å².